The lowest BCUT2D eigenvalue weighted by Crippen LogP contribution is -2.07. The summed E-state index contributed by atoms with van der Waals surface area (Å²) in [7, 11) is 0. The van der Waals surface area contributed by atoms with Gasteiger partial charge < -0.3 is 10.6 Å². The molecule has 1 aliphatic carbocycles. The van der Waals surface area contributed by atoms with Crippen LogP contribution in [0.4, 0.5) is 11.8 Å². The molecule has 0 radical (unpaired) electrons. The van der Waals surface area contributed by atoms with Gasteiger partial charge in [-0.25, -0.2) is 4.98 Å². The molecule has 0 saturated heterocycles. The molecule has 0 amide bonds. The van der Waals surface area contributed by atoms with Crippen molar-refractivity contribution in [3.05, 3.63) is 11.2 Å². The summed E-state index contributed by atoms with van der Waals surface area (Å²) < 4.78 is 0. The van der Waals surface area contributed by atoms with E-state index in [2.05, 4.69) is 20.6 Å². The zero-order valence-corrected chi connectivity index (χ0v) is 8.80. The molecule has 0 atom stereocenters. The molecule has 0 spiro atoms. The number of aromatic nitrogens is 2. The molecule has 0 unspecified atom stereocenters. The van der Waals surface area contributed by atoms with Gasteiger partial charge in [-0.15, -0.1) is 0 Å². The third-order valence-electron chi connectivity index (χ3n) is 1.96. The van der Waals surface area contributed by atoms with E-state index < -0.39 is 0 Å². The van der Waals surface area contributed by atoms with Crippen LogP contribution in [0.1, 0.15) is 19.8 Å². The summed E-state index contributed by atoms with van der Waals surface area (Å²) in [5.41, 5.74) is 0. The summed E-state index contributed by atoms with van der Waals surface area (Å²) in [6.45, 7) is 2.79. The molecule has 76 valence electrons. The minimum absolute atomic E-state index is 0.471. The number of rotatable bonds is 4. The van der Waals surface area contributed by atoms with E-state index in [1.165, 1.54) is 12.8 Å². The van der Waals surface area contributed by atoms with E-state index in [0.717, 1.165) is 12.4 Å². The van der Waals surface area contributed by atoms with Crippen LogP contribution in [0, 0.1) is 0 Å². The van der Waals surface area contributed by atoms with Gasteiger partial charge in [0.15, 0.2) is 0 Å². The molecule has 14 heavy (non-hydrogen) atoms. The van der Waals surface area contributed by atoms with Crippen LogP contribution in [-0.4, -0.2) is 22.6 Å². The number of halogens is 1. The first-order valence-corrected chi connectivity index (χ1v) is 5.20. The van der Waals surface area contributed by atoms with E-state index in [-0.39, 0.29) is 0 Å². The Bertz CT molecular complexity index is 325. The fourth-order valence-corrected chi connectivity index (χ4v) is 1.35. The quantitative estimate of drug-likeness (QED) is 0.751. The molecule has 1 aliphatic rings. The largest absolute Gasteiger partial charge is 0.367 e. The van der Waals surface area contributed by atoms with Gasteiger partial charge in [-0.3, -0.25) is 0 Å². The molecule has 0 aliphatic heterocycles. The molecule has 1 fully saturated rings. The Morgan fingerprint density at radius 2 is 2.29 bits per heavy atom. The first-order chi connectivity index (χ1) is 6.78. The molecule has 0 bridgehead atoms. The molecular formula is C9H13ClN4. The van der Waals surface area contributed by atoms with Crippen LogP contribution in [0.25, 0.3) is 0 Å². The SMILES string of the molecule is CCNc1nc(Cl)cc(NC2CC2)n1. The normalized spacial score (nSPS) is 15.3. The first kappa shape index (κ1) is 9.52. The van der Waals surface area contributed by atoms with Gasteiger partial charge in [0.25, 0.3) is 0 Å². The monoisotopic (exact) mass is 212 g/mol. The predicted octanol–water partition coefficient (Wildman–Crippen LogP) is 2.14. The lowest BCUT2D eigenvalue weighted by Gasteiger charge is -2.06. The van der Waals surface area contributed by atoms with Gasteiger partial charge in [0.2, 0.25) is 5.95 Å². The number of nitrogens with one attached hydrogen (secondary N) is 2. The molecule has 1 aromatic heterocycles. The molecule has 1 aromatic rings. The fourth-order valence-electron chi connectivity index (χ4n) is 1.17. The summed E-state index contributed by atoms with van der Waals surface area (Å²) in [4.78, 5) is 8.34. The topological polar surface area (TPSA) is 49.8 Å². The smallest absolute Gasteiger partial charge is 0.226 e. The van der Waals surface area contributed by atoms with Crippen molar-refractivity contribution in [2.24, 2.45) is 0 Å². The van der Waals surface area contributed by atoms with Gasteiger partial charge >= 0.3 is 0 Å². The van der Waals surface area contributed by atoms with Gasteiger partial charge in [0.1, 0.15) is 11.0 Å². The highest BCUT2D eigenvalue weighted by molar-refractivity contribution is 6.29. The van der Waals surface area contributed by atoms with Crippen molar-refractivity contribution in [3.8, 4) is 0 Å². The number of nitrogens with zero attached hydrogens (tertiary/aromatic N) is 2. The summed E-state index contributed by atoms with van der Waals surface area (Å²) in [6, 6.07) is 2.33. The Morgan fingerprint density at radius 1 is 1.50 bits per heavy atom. The van der Waals surface area contributed by atoms with Crippen LogP contribution in [0.2, 0.25) is 5.15 Å². The van der Waals surface area contributed by atoms with Crippen molar-refractivity contribution in [2.75, 3.05) is 17.2 Å². The van der Waals surface area contributed by atoms with Crippen molar-refractivity contribution in [1.82, 2.24) is 9.97 Å². The fraction of sp³-hybridized carbons (Fsp3) is 0.556. The highest BCUT2D eigenvalue weighted by Crippen LogP contribution is 2.25. The Hall–Kier alpha value is -1.03. The van der Waals surface area contributed by atoms with Crippen molar-refractivity contribution >= 4 is 23.4 Å². The van der Waals surface area contributed by atoms with Crippen molar-refractivity contribution in [2.45, 2.75) is 25.8 Å². The lowest BCUT2D eigenvalue weighted by atomic mass is 10.5. The number of hydrogen-bond donors (Lipinski definition) is 2. The average molecular weight is 213 g/mol. The van der Waals surface area contributed by atoms with Gasteiger partial charge in [0.05, 0.1) is 0 Å². The van der Waals surface area contributed by atoms with Crippen LogP contribution in [0.5, 0.6) is 0 Å². The van der Waals surface area contributed by atoms with E-state index in [1.807, 2.05) is 6.92 Å². The highest BCUT2D eigenvalue weighted by atomic mass is 35.5. The number of anilines is 2. The van der Waals surface area contributed by atoms with Gasteiger partial charge in [-0.1, -0.05) is 11.6 Å². The number of hydrogen-bond acceptors (Lipinski definition) is 4. The minimum Gasteiger partial charge on any atom is -0.367 e. The van der Waals surface area contributed by atoms with Crippen LogP contribution < -0.4 is 10.6 Å². The standard InChI is InChI=1S/C9H13ClN4/c1-2-11-9-13-7(10)5-8(14-9)12-6-3-4-6/h5-6H,2-4H2,1H3,(H2,11,12,13,14). The van der Waals surface area contributed by atoms with Crippen LogP contribution >= 0.6 is 11.6 Å². The molecule has 2 N–H and O–H groups in total. The zero-order valence-electron chi connectivity index (χ0n) is 8.05. The van der Waals surface area contributed by atoms with Gasteiger partial charge in [-0.2, -0.15) is 4.98 Å². The highest BCUT2D eigenvalue weighted by Gasteiger charge is 2.21. The Labute approximate surface area is 88.1 Å². The second-order valence-corrected chi connectivity index (χ2v) is 3.74. The Balaban J connectivity index is 2.12. The first-order valence-electron chi connectivity index (χ1n) is 4.83. The summed E-state index contributed by atoms with van der Waals surface area (Å²) in [6.07, 6.45) is 2.44. The maximum atomic E-state index is 5.86. The predicted molar refractivity (Wildman–Crippen MR) is 57.9 cm³/mol. The maximum Gasteiger partial charge on any atom is 0.226 e. The third kappa shape index (κ3) is 2.48. The molecule has 1 heterocycles. The van der Waals surface area contributed by atoms with Crippen molar-refractivity contribution in [3.63, 3.8) is 0 Å². The molecular weight excluding hydrogens is 200 g/mol. The van der Waals surface area contributed by atoms with E-state index in [0.29, 0.717) is 17.1 Å². The zero-order chi connectivity index (χ0) is 9.97. The van der Waals surface area contributed by atoms with Gasteiger partial charge in [0, 0.05) is 18.7 Å². The Kier molecular flexibility index (Phi) is 2.72. The maximum absolute atomic E-state index is 5.86. The second kappa shape index (κ2) is 4.00. The van der Waals surface area contributed by atoms with Crippen LogP contribution in [0.3, 0.4) is 0 Å². The average Bonchev–Trinajstić information content (AvgIpc) is 2.87. The second-order valence-electron chi connectivity index (χ2n) is 3.35. The van der Waals surface area contributed by atoms with E-state index >= 15 is 0 Å². The van der Waals surface area contributed by atoms with Gasteiger partial charge in [-0.05, 0) is 19.8 Å². The molecule has 1 saturated carbocycles. The third-order valence-corrected chi connectivity index (χ3v) is 2.15. The molecule has 5 heteroatoms. The summed E-state index contributed by atoms with van der Waals surface area (Å²) in [5, 5.41) is 6.79. The van der Waals surface area contributed by atoms with E-state index in [1.54, 1.807) is 6.07 Å². The lowest BCUT2D eigenvalue weighted by molar-refractivity contribution is 1.05. The Morgan fingerprint density at radius 3 is 2.93 bits per heavy atom. The molecule has 2 rings (SSSR count). The van der Waals surface area contributed by atoms with Crippen LogP contribution in [-0.2, 0) is 0 Å². The summed E-state index contributed by atoms with van der Waals surface area (Å²) >= 11 is 5.86. The van der Waals surface area contributed by atoms with Crippen LogP contribution in [0.15, 0.2) is 6.07 Å². The van der Waals surface area contributed by atoms with Crippen molar-refractivity contribution < 1.29 is 0 Å². The molecule has 4 nitrogen and oxygen atoms in total. The molecule has 0 aromatic carbocycles. The van der Waals surface area contributed by atoms with E-state index in [4.69, 9.17) is 11.6 Å². The van der Waals surface area contributed by atoms with E-state index in [9.17, 15) is 0 Å². The minimum atomic E-state index is 0.471. The summed E-state index contributed by atoms with van der Waals surface area (Å²) in [5.74, 6) is 1.40. The van der Waals surface area contributed by atoms with Crippen molar-refractivity contribution in [1.29, 1.82) is 0 Å².